The number of carboxylic acid groups (broad SMARTS) is 1. The van der Waals surface area contributed by atoms with Crippen LogP contribution in [0.1, 0.15) is 30.6 Å². The van der Waals surface area contributed by atoms with E-state index in [9.17, 15) is 24.3 Å². The molecule has 0 aromatic heterocycles. The van der Waals surface area contributed by atoms with Crippen LogP contribution in [-0.2, 0) is 23.9 Å². The van der Waals surface area contributed by atoms with Crippen molar-refractivity contribution in [2.24, 2.45) is 5.92 Å². The number of amides is 1. The third-order valence-corrected chi connectivity index (χ3v) is 3.59. The minimum atomic E-state index is -1.67. The number of hydrogen-bond acceptors (Lipinski definition) is 6. The van der Waals surface area contributed by atoms with Crippen molar-refractivity contribution in [3.05, 3.63) is 34.9 Å². The lowest BCUT2D eigenvalue weighted by Crippen LogP contribution is -2.49. The topological polar surface area (TPSA) is 119 Å². The van der Waals surface area contributed by atoms with Crippen molar-refractivity contribution in [1.82, 2.24) is 5.32 Å². The Labute approximate surface area is 155 Å². The van der Waals surface area contributed by atoms with Crippen LogP contribution in [-0.4, -0.2) is 48.2 Å². The molecule has 0 aliphatic rings. The fraction of sp³-hybridized carbons (Fsp3) is 0.412. The summed E-state index contributed by atoms with van der Waals surface area (Å²) in [5.41, 5.74) is 0.152. The number of halogens is 1. The Balaban J connectivity index is 3.03. The van der Waals surface area contributed by atoms with E-state index in [4.69, 9.17) is 21.1 Å². The Morgan fingerprint density at radius 3 is 2.15 bits per heavy atom. The van der Waals surface area contributed by atoms with Crippen molar-refractivity contribution >= 4 is 35.4 Å². The molecule has 0 aliphatic carbocycles. The van der Waals surface area contributed by atoms with Crippen LogP contribution in [0.5, 0.6) is 0 Å². The van der Waals surface area contributed by atoms with E-state index in [0.29, 0.717) is 5.02 Å². The lowest BCUT2D eigenvalue weighted by atomic mass is 9.95. The van der Waals surface area contributed by atoms with Crippen LogP contribution < -0.4 is 5.32 Å². The molecule has 8 nitrogen and oxygen atoms in total. The maximum atomic E-state index is 12.3. The molecule has 1 aromatic carbocycles. The molecule has 0 unspecified atom stereocenters. The number of ether oxygens (including phenoxy) is 2. The lowest BCUT2D eigenvalue weighted by Gasteiger charge is -2.22. The molecule has 0 aliphatic heterocycles. The third kappa shape index (κ3) is 6.36. The minimum Gasteiger partial charge on any atom is -0.480 e. The van der Waals surface area contributed by atoms with Gasteiger partial charge in [-0.05, 0) is 38.1 Å². The van der Waals surface area contributed by atoms with E-state index in [1.807, 2.05) is 0 Å². The van der Waals surface area contributed by atoms with Crippen LogP contribution in [0.25, 0.3) is 0 Å². The van der Waals surface area contributed by atoms with Gasteiger partial charge in [0.1, 0.15) is 6.04 Å². The molecule has 0 saturated carbocycles. The van der Waals surface area contributed by atoms with E-state index in [-0.39, 0.29) is 18.8 Å². The van der Waals surface area contributed by atoms with Crippen LogP contribution in [0.2, 0.25) is 5.02 Å². The minimum absolute atomic E-state index is 0.00434. The van der Waals surface area contributed by atoms with Crippen molar-refractivity contribution in [1.29, 1.82) is 0 Å². The molecule has 2 N–H and O–H groups in total. The number of benzene rings is 1. The zero-order valence-electron chi connectivity index (χ0n) is 14.4. The van der Waals surface area contributed by atoms with Gasteiger partial charge < -0.3 is 19.9 Å². The number of rotatable bonds is 9. The number of esters is 2. The molecule has 142 valence electrons. The molecule has 0 bridgehead atoms. The fourth-order valence-electron chi connectivity index (χ4n) is 2.15. The summed E-state index contributed by atoms with van der Waals surface area (Å²) in [6.45, 7) is 3.19. The van der Waals surface area contributed by atoms with Gasteiger partial charge in [-0.15, -0.1) is 0 Å². The molecule has 1 amide bonds. The normalized spacial score (nSPS) is 12.6. The molecule has 1 aromatic rings. The molecule has 1 rings (SSSR count). The molecular weight excluding hydrogens is 366 g/mol. The lowest BCUT2D eigenvalue weighted by molar-refractivity contribution is -0.159. The molecule has 0 saturated heterocycles. The monoisotopic (exact) mass is 385 g/mol. The van der Waals surface area contributed by atoms with Gasteiger partial charge in [0.25, 0.3) is 5.91 Å². The van der Waals surface area contributed by atoms with Crippen molar-refractivity contribution in [2.45, 2.75) is 26.3 Å². The molecule has 9 heteroatoms. The van der Waals surface area contributed by atoms with E-state index in [1.165, 1.54) is 24.3 Å². The number of nitrogens with one attached hydrogen (secondary N) is 1. The average Bonchev–Trinajstić information content (AvgIpc) is 2.58. The standard InChI is InChI=1S/C17H20ClNO7/c1-3-25-13(20)9-12(17(24)26-4-2)14(16(22)23)19-15(21)10-5-7-11(18)8-6-10/h5-8,12,14H,3-4,9H2,1-2H3,(H,19,21)(H,22,23)/t12-,14-/m1/s1. The number of carbonyl (C=O) groups is 4. The van der Waals surface area contributed by atoms with E-state index in [2.05, 4.69) is 5.32 Å². The Bertz CT molecular complexity index is 660. The highest BCUT2D eigenvalue weighted by atomic mass is 35.5. The Hall–Kier alpha value is -2.61. The first-order chi connectivity index (χ1) is 12.3. The summed E-state index contributed by atoms with van der Waals surface area (Å²) < 4.78 is 9.60. The van der Waals surface area contributed by atoms with Crippen LogP contribution in [0, 0.1) is 5.92 Å². The molecule has 0 fully saturated rings. The third-order valence-electron chi connectivity index (χ3n) is 3.34. The molecule has 0 spiro atoms. The van der Waals surface area contributed by atoms with Gasteiger partial charge in [-0.2, -0.15) is 0 Å². The summed E-state index contributed by atoms with van der Waals surface area (Å²) in [4.78, 5) is 47.8. The van der Waals surface area contributed by atoms with Gasteiger partial charge in [-0.1, -0.05) is 11.6 Å². The summed E-state index contributed by atoms with van der Waals surface area (Å²) >= 11 is 5.75. The van der Waals surface area contributed by atoms with E-state index < -0.39 is 42.2 Å². The highest BCUT2D eigenvalue weighted by molar-refractivity contribution is 6.30. The summed E-state index contributed by atoms with van der Waals surface area (Å²) in [5, 5.41) is 12.1. The summed E-state index contributed by atoms with van der Waals surface area (Å²) in [7, 11) is 0. The summed E-state index contributed by atoms with van der Waals surface area (Å²) in [5.74, 6) is -5.31. The van der Waals surface area contributed by atoms with Crippen LogP contribution in [0.4, 0.5) is 0 Å². The van der Waals surface area contributed by atoms with Crippen molar-refractivity contribution in [3.63, 3.8) is 0 Å². The quantitative estimate of drug-likeness (QED) is 0.620. The van der Waals surface area contributed by atoms with Gasteiger partial charge in [0.05, 0.1) is 25.6 Å². The number of hydrogen-bond donors (Lipinski definition) is 2. The summed E-state index contributed by atoms with van der Waals surface area (Å²) in [6, 6.07) is 4.07. The molecule has 0 heterocycles. The van der Waals surface area contributed by atoms with E-state index in [1.54, 1.807) is 13.8 Å². The van der Waals surface area contributed by atoms with Crippen molar-refractivity contribution < 1.29 is 33.8 Å². The smallest absolute Gasteiger partial charge is 0.327 e. The van der Waals surface area contributed by atoms with Crippen LogP contribution >= 0.6 is 11.6 Å². The second kappa shape index (κ2) is 10.4. The number of carbonyl (C=O) groups excluding carboxylic acids is 3. The van der Waals surface area contributed by atoms with Gasteiger partial charge in [-0.3, -0.25) is 14.4 Å². The predicted molar refractivity (Wildman–Crippen MR) is 91.7 cm³/mol. The first-order valence-electron chi connectivity index (χ1n) is 7.91. The van der Waals surface area contributed by atoms with Gasteiger partial charge in [0, 0.05) is 10.6 Å². The van der Waals surface area contributed by atoms with Crippen molar-refractivity contribution in [3.8, 4) is 0 Å². The molecule has 2 atom stereocenters. The van der Waals surface area contributed by atoms with Crippen molar-refractivity contribution in [2.75, 3.05) is 13.2 Å². The Morgan fingerprint density at radius 1 is 1.08 bits per heavy atom. The zero-order valence-corrected chi connectivity index (χ0v) is 15.1. The van der Waals surface area contributed by atoms with Gasteiger partial charge in [0.15, 0.2) is 0 Å². The zero-order chi connectivity index (χ0) is 19.7. The second-order valence-electron chi connectivity index (χ2n) is 5.16. The Morgan fingerprint density at radius 2 is 1.65 bits per heavy atom. The SMILES string of the molecule is CCOC(=O)C[C@@H](C(=O)OCC)[C@@H](NC(=O)c1ccc(Cl)cc1)C(=O)O. The van der Waals surface area contributed by atoms with Gasteiger partial charge >= 0.3 is 17.9 Å². The molecule has 26 heavy (non-hydrogen) atoms. The number of aliphatic carboxylic acids is 1. The molecular formula is C17H20ClNO7. The van der Waals surface area contributed by atoms with E-state index in [0.717, 1.165) is 0 Å². The predicted octanol–water partition coefficient (Wildman–Crippen LogP) is 1.66. The highest BCUT2D eigenvalue weighted by Crippen LogP contribution is 2.16. The first kappa shape index (κ1) is 21.4. The Kier molecular flexibility index (Phi) is 8.57. The van der Waals surface area contributed by atoms with Crippen LogP contribution in [0.15, 0.2) is 24.3 Å². The first-order valence-corrected chi connectivity index (χ1v) is 8.29. The summed E-state index contributed by atoms with van der Waals surface area (Å²) in [6.07, 6.45) is -0.537. The van der Waals surface area contributed by atoms with E-state index >= 15 is 0 Å². The molecule has 0 radical (unpaired) electrons. The maximum absolute atomic E-state index is 12.3. The average molecular weight is 386 g/mol. The highest BCUT2D eigenvalue weighted by Gasteiger charge is 2.38. The second-order valence-corrected chi connectivity index (χ2v) is 5.60. The van der Waals surface area contributed by atoms with Gasteiger partial charge in [0.2, 0.25) is 0 Å². The largest absolute Gasteiger partial charge is 0.480 e. The number of carboxylic acids is 1. The van der Waals surface area contributed by atoms with Gasteiger partial charge in [-0.25, -0.2) is 4.79 Å². The van der Waals surface area contributed by atoms with Crippen LogP contribution in [0.3, 0.4) is 0 Å². The maximum Gasteiger partial charge on any atom is 0.327 e. The fourth-order valence-corrected chi connectivity index (χ4v) is 2.27.